The van der Waals surface area contributed by atoms with Gasteiger partial charge in [0.05, 0.1) is 0 Å². The number of rotatable bonds is 7. The highest BCUT2D eigenvalue weighted by Crippen LogP contribution is 2.06. The Morgan fingerprint density at radius 2 is 2.10 bits per heavy atom. The van der Waals surface area contributed by atoms with E-state index in [1.807, 2.05) is 20.8 Å². The fraction of sp³-hybridized carbons (Fsp3) is 0.688. The summed E-state index contributed by atoms with van der Waals surface area (Å²) < 4.78 is 7.45. The number of aromatic nitrogens is 1. The minimum absolute atomic E-state index is 0.234. The second-order valence-electron chi connectivity index (χ2n) is 6.15. The van der Waals surface area contributed by atoms with Gasteiger partial charge in [0.25, 0.3) is 0 Å². The Morgan fingerprint density at radius 1 is 1.38 bits per heavy atom. The van der Waals surface area contributed by atoms with E-state index in [0.29, 0.717) is 6.54 Å². The smallest absolute Gasteiger partial charge is 0.407 e. The molecule has 0 aromatic carbocycles. The fourth-order valence-electron chi connectivity index (χ4n) is 2.05. The molecule has 1 aromatic rings. The van der Waals surface area contributed by atoms with Crippen LogP contribution in [0.1, 0.15) is 46.7 Å². The van der Waals surface area contributed by atoms with Crippen LogP contribution < -0.4 is 10.6 Å². The predicted octanol–water partition coefficient (Wildman–Crippen LogP) is 2.90. The quantitative estimate of drug-likeness (QED) is 0.813. The van der Waals surface area contributed by atoms with Gasteiger partial charge in [-0.25, -0.2) is 4.79 Å². The van der Waals surface area contributed by atoms with Crippen molar-refractivity contribution >= 4 is 6.09 Å². The average molecular weight is 295 g/mol. The molecule has 5 nitrogen and oxygen atoms in total. The van der Waals surface area contributed by atoms with Gasteiger partial charge >= 0.3 is 6.09 Å². The van der Waals surface area contributed by atoms with Gasteiger partial charge < -0.3 is 19.9 Å². The molecule has 0 aliphatic heterocycles. The van der Waals surface area contributed by atoms with Gasteiger partial charge in [0.15, 0.2) is 0 Å². The summed E-state index contributed by atoms with van der Waals surface area (Å²) in [5, 5.41) is 6.29. The third-order valence-corrected chi connectivity index (χ3v) is 3.22. The maximum atomic E-state index is 11.6. The first-order chi connectivity index (χ1) is 9.85. The van der Waals surface area contributed by atoms with Crippen LogP contribution in [0.4, 0.5) is 4.79 Å². The number of carbonyl (C=O) groups is 1. The molecule has 2 N–H and O–H groups in total. The molecule has 1 rings (SSSR count). The van der Waals surface area contributed by atoms with Crippen molar-refractivity contribution in [3.05, 3.63) is 24.0 Å². The van der Waals surface area contributed by atoms with Gasteiger partial charge in [-0.1, -0.05) is 6.92 Å². The van der Waals surface area contributed by atoms with Crippen molar-refractivity contribution in [1.29, 1.82) is 0 Å². The Labute approximate surface area is 128 Å². The Hall–Kier alpha value is -1.49. The molecule has 0 saturated carbocycles. The van der Waals surface area contributed by atoms with Gasteiger partial charge in [0, 0.05) is 37.6 Å². The van der Waals surface area contributed by atoms with Gasteiger partial charge in [-0.2, -0.15) is 0 Å². The average Bonchev–Trinajstić information content (AvgIpc) is 2.84. The van der Waals surface area contributed by atoms with E-state index in [2.05, 4.69) is 47.4 Å². The lowest BCUT2D eigenvalue weighted by atomic mass is 10.2. The first-order valence-corrected chi connectivity index (χ1v) is 7.70. The molecule has 1 heterocycles. The minimum atomic E-state index is -0.457. The number of carbonyl (C=O) groups excluding carboxylic acids is 1. The molecule has 0 saturated heterocycles. The summed E-state index contributed by atoms with van der Waals surface area (Å²) in [5.41, 5.74) is 0.800. The van der Waals surface area contributed by atoms with Gasteiger partial charge in [-0.05, 0) is 46.2 Å². The van der Waals surface area contributed by atoms with E-state index in [0.717, 1.165) is 19.5 Å². The Bertz CT molecular complexity index is 435. The first kappa shape index (κ1) is 17.6. The third-order valence-electron chi connectivity index (χ3n) is 3.22. The van der Waals surface area contributed by atoms with Gasteiger partial charge in [-0.15, -0.1) is 0 Å². The zero-order valence-corrected chi connectivity index (χ0v) is 13.9. The van der Waals surface area contributed by atoms with Crippen molar-refractivity contribution in [2.75, 3.05) is 6.54 Å². The molecule has 1 atom stereocenters. The number of nitrogens with one attached hydrogen (secondary N) is 2. The highest BCUT2D eigenvalue weighted by Gasteiger charge is 2.17. The van der Waals surface area contributed by atoms with Gasteiger partial charge in [0.1, 0.15) is 5.60 Å². The van der Waals surface area contributed by atoms with Crippen LogP contribution >= 0.6 is 0 Å². The van der Waals surface area contributed by atoms with Crippen molar-refractivity contribution in [3.8, 4) is 0 Å². The van der Waals surface area contributed by atoms with Crippen molar-refractivity contribution in [2.24, 2.45) is 0 Å². The van der Waals surface area contributed by atoms with Gasteiger partial charge in [-0.3, -0.25) is 0 Å². The number of alkyl carbamates (subject to hydrolysis) is 1. The monoisotopic (exact) mass is 295 g/mol. The largest absolute Gasteiger partial charge is 0.444 e. The molecule has 21 heavy (non-hydrogen) atoms. The third kappa shape index (κ3) is 6.67. The maximum absolute atomic E-state index is 11.6. The molecular weight excluding hydrogens is 266 g/mol. The van der Waals surface area contributed by atoms with Crippen molar-refractivity contribution in [2.45, 2.75) is 65.8 Å². The topological polar surface area (TPSA) is 55.3 Å². The lowest BCUT2D eigenvalue weighted by Crippen LogP contribution is -2.42. The molecule has 120 valence electrons. The van der Waals surface area contributed by atoms with E-state index >= 15 is 0 Å². The van der Waals surface area contributed by atoms with Crippen LogP contribution in [0.15, 0.2) is 18.3 Å². The number of nitrogens with zero attached hydrogens (tertiary/aromatic N) is 1. The molecule has 1 unspecified atom stereocenters. The van der Waals surface area contributed by atoms with Crippen molar-refractivity contribution in [3.63, 3.8) is 0 Å². The van der Waals surface area contributed by atoms with E-state index in [4.69, 9.17) is 4.74 Å². The van der Waals surface area contributed by atoms with Crippen LogP contribution in [0, 0.1) is 0 Å². The van der Waals surface area contributed by atoms with E-state index in [1.165, 1.54) is 5.69 Å². The zero-order valence-electron chi connectivity index (χ0n) is 13.9. The molecule has 0 spiro atoms. The SMILES string of the molecule is CCC(CNC(=O)OC(C)(C)C)NCc1cccn1CC. The maximum Gasteiger partial charge on any atom is 0.407 e. The van der Waals surface area contributed by atoms with E-state index < -0.39 is 5.60 Å². The van der Waals surface area contributed by atoms with Crippen LogP contribution in [0.5, 0.6) is 0 Å². The number of ether oxygens (including phenoxy) is 1. The number of aryl methyl sites for hydroxylation is 1. The number of amides is 1. The standard InChI is InChI=1S/C16H29N3O2/c1-6-13(11-18-15(20)21-16(3,4)5)17-12-14-9-8-10-19(14)7-2/h8-10,13,17H,6-7,11-12H2,1-5H3,(H,18,20). The fourth-order valence-corrected chi connectivity index (χ4v) is 2.05. The summed E-state index contributed by atoms with van der Waals surface area (Å²) in [6.07, 6.45) is 2.67. The highest BCUT2D eigenvalue weighted by molar-refractivity contribution is 5.67. The van der Waals surface area contributed by atoms with Crippen LogP contribution in [0.2, 0.25) is 0 Å². The Morgan fingerprint density at radius 3 is 2.67 bits per heavy atom. The van der Waals surface area contributed by atoms with Crippen LogP contribution in [0.3, 0.4) is 0 Å². The Kier molecular flexibility index (Phi) is 6.75. The summed E-state index contributed by atoms with van der Waals surface area (Å²) in [6, 6.07) is 4.41. The molecular formula is C16H29N3O2. The second-order valence-corrected chi connectivity index (χ2v) is 6.15. The Balaban J connectivity index is 2.37. The van der Waals surface area contributed by atoms with Crippen LogP contribution in [0.25, 0.3) is 0 Å². The number of hydrogen-bond donors (Lipinski definition) is 2. The molecule has 1 aromatic heterocycles. The predicted molar refractivity (Wildman–Crippen MR) is 85.3 cm³/mol. The minimum Gasteiger partial charge on any atom is -0.444 e. The molecule has 1 amide bonds. The summed E-state index contributed by atoms with van der Waals surface area (Å²) in [6.45, 7) is 12.2. The molecule has 0 aliphatic carbocycles. The molecule has 0 aliphatic rings. The normalized spacial score (nSPS) is 13.0. The molecule has 0 fully saturated rings. The number of hydrogen-bond acceptors (Lipinski definition) is 3. The van der Waals surface area contributed by atoms with Crippen molar-refractivity contribution < 1.29 is 9.53 Å². The van der Waals surface area contributed by atoms with Crippen LogP contribution in [-0.4, -0.2) is 28.8 Å². The zero-order chi connectivity index (χ0) is 15.9. The van der Waals surface area contributed by atoms with Gasteiger partial charge in [0.2, 0.25) is 0 Å². The van der Waals surface area contributed by atoms with Crippen LogP contribution in [-0.2, 0) is 17.8 Å². The molecule has 0 radical (unpaired) electrons. The summed E-state index contributed by atoms with van der Waals surface area (Å²) in [7, 11) is 0. The lowest BCUT2D eigenvalue weighted by Gasteiger charge is -2.22. The first-order valence-electron chi connectivity index (χ1n) is 7.70. The summed E-state index contributed by atoms with van der Waals surface area (Å²) >= 11 is 0. The van der Waals surface area contributed by atoms with Crippen molar-refractivity contribution in [1.82, 2.24) is 15.2 Å². The second kappa shape index (κ2) is 8.08. The molecule has 5 heteroatoms. The highest BCUT2D eigenvalue weighted by atomic mass is 16.6. The summed E-state index contributed by atoms with van der Waals surface area (Å²) in [5.74, 6) is 0. The lowest BCUT2D eigenvalue weighted by molar-refractivity contribution is 0.0522. The van der Waals surface area contributed by atoms with E-state index in [9.17, 15) is 4.79 Å². The van der Waals surface area contributed by atoms with E-state index in [-0.39, 0.29) is 12.1 Å². The summed E-state index contributed by atoms with van der Waals surface area (Å²) in [4.78, 5) is 11.6. The molecule has 0 bridgehead atoms. The van der Waals surface area contributed by atoms with E-state index in [1.54, 1.807) is 0 Å².